The van der Waals surface area contributed by atoms with Crippen molar-refractivity contribution in [2.75, 3.05) is 0 Å². The van der Waals surface area contributed by atoms with Crippen LogP contribution in [-0.4, -0.2) is 0 Å². The molecule has 2 aromatic rings. The van der Waals surface area contributed by atoms with Crippen LogP contribution in [-0.2, 0) is 0 Å². The highest BCUT2D eigenvalue weighted by Crippen LogP contribution is 2.36. The number of hydrogen-bond donors (Lipinski definition) is 0. The molecule has 0 aromatic heterocycles. The normalized spacial score (nSPS) is 14.3. The number of rotatable bonds is 3. The van der Waals surface area contributed by atoms with Crippen LogP contribution in [0.4, 0.5) is 0 Å². The van der Waals surface area contributed by atoms with Gasteiger partial charge in [0.25, 0.3) is 0 Å². The van der Waals surface area contributed by atoms with E-state index in [0.717, 1.165) is 10.6 Å². The fraction of sp³-hybridized carbons (Fsp3) is 0.200. The van der Waals surface area contributed by atoms with Gasteiger partial charge >= 0.3 is 0 Å². The van der Waals surface area contributed by atoms with Crippen molar-refractivity contribution >= 4 is 23.2 Å². The second-order valence-electron chi connectivity index (χ2n) is 4.15. The summed E-state index contributed by atoms with van der Waals surface area (Å²) < 4.78 is 0. The first kappa shape index (κ1) is 12.5. The van der Waals surface area contributed by atoms with Crippen LogP contribution >= 0.6 is 23.2 Å². The number of halogens is 2. The third kappa shape index (κ3) is 3.02. The molecule has 0 saturated heterocycles. The summed E-state index contributed by atoms with van der Waals surface area (Å²) in [6.45, 7) is 2.14. The van der Waals surface area contributed by atoms with Crippen molar-refractivity contribution in [3.63, 3.8) is 0 Å². The predicted molar refractivity (Wildman–Crippen MR) is 74.9 cm³/mol. The van der Waals surface area contributed by atoms with Gasteiger partial charge in [-0.2, -0.15) is 0 Å². The average molecular weight is 265 g/mol. The molecule has 0 heterocycles. The van der Waals surface area contributed by atoms with Gasteiger partial charge in [0.15, 0.2) is 0 Å². The van der Waals surface area contributed by atoms with Crippen molar-refractivity contribution in [2.45, 2.75) is 18.2 Å². The Bertz CT molecular complexity index is 462. The van der Waals surface area contributed by atoms with E-state index in [1.54, 1.807) is 0 Å². The van der Waals surface area contributed by atoms with Crippen LogP contribution in [0.15, 0.2) is 54.6 Å². The summed E-state index contributed by atoms with van der Waals surface area (Å²) in [6, 6.07) is 18.0. The molecule has 0 aliphatic carbocycles. The van der Waals surface area contributed by atoms with E-state index in [-0.39, 0.29) is 11.3 Å². The molecule has 0 N–H and O–H groups in total. The fourth-order valence-corrected chi connectivity index (χ4v) is 2.28. The molecular formula is C15H14Cl2. The van der Waals surface area contributed by atoms with Gasteiger partial charge in [0.2, 0.25) is 0 Å². The van der Waals surface area contributed by atoms with E-state index in [2.05, 4.69) is 19.1 Å². The summed E-state index contributed by atoms with van der Waals surface area (Å²) in [5, 5.41) is 0.708. The summed E-state index contributed by atoms with van der Waals surface area (Å²) in [5.41, 5.74) is 2.36. The molecule has 2 rings (SSSR count). The zero-order valence-electron chi connectivity index (χ0n) is 9.61. The molecule has 2 unspecified atom stereocenters. The zero-order chi connectivity index (χ0) is 12.3. The van der Waals surface area contributed by atoms with E-state index in [1.165, 1.54) is 5.56 Å². The fourth-order valence-electron chi connectivity index (χ4n) is 1.86. The highest BCUT2D eigenvalue weighted by molar-refractivity contribution is 6.30. The van der Waals surface area contributed by atoms with Gasteiger partial charge in [-0.1, -0.05) is 61.0 Å². The van der Waals surface area contributed by atoms with E-state index in [9.17, 15) is 0 Å². The summed E-state index contributed by atoms with van der Waals surface area (Å²) >= 11 is 12.4. The molecule has 2 atom stereocenters. The Hall–Kier alpha value is -0.980. The monoisotopic (exact) mass is 264 g/mol. The van der Waals surface area contributed by atoms with E-state index < -0.39 is 0 Å². The molecule has 0 fully saturated rings. The number of alkyl halides is 1. The quantitative estimate of drug-likeness (QED) is 0.649. The van der Waals surface area contributed by atoms with Gasteiger partial charge in [0.1, 0.15) is 0 Å². The Morgan fingerprint density at radius 2 is 1.41 bits per heavy atom. The molecule has 0 radical (unpaired) electrons. The van der Waals surface area contributed by atoms with Gasteiger partial charge in [-0.25, -0.2) is 0 Å². The van der Waals surface area contributed by atoms with Crippen molar-refractivity contribution in [1.82, 2.24) is 0 Å². The molecule has 0 aliphatic rings. The maximum Gasteiger partial charge on any atom is 0.0651 e. The molecule has 0 bridgehead atoms. The van der Waals surface area contributed by atoms with Crippen LogP contribution in [0.5, 0.6) is 0 Å². The smallest absolute Gasteiger partial charge is 0.0651 e. The van der Waals surface area contributed by atoms with E-state index in [4.69, 9.17) is 23.2 Å². The lowest BCUT2D eigenvalue weighted by molar-refractivity contribution is 0.732. The number of hydrogen-bond acceptors (Lipinski definition) is 0. The standard InChI is InChI=1S/C15H14Cl2/c1-11(12-5-3-2-4-6-12)15(17)13-7-9-14(16)10-8-13/h2-11,15H,1H3. The Kier molecular flexibility index (Phi) is 4.09. The maximum absolute atomic E-state index is 6.50. The number of benzene rings is 2. The van der Waals surface area contributed by atoms with Gasteiger partial charge in [-0.15, -0.1) is 11.6 Å². The first-order chi connectivity index (χ1) is 8.18. The van der Waals surface area contributed by atoms with Crippen LogP contribution in [0.1, 0.15) is 29.3 Å². The topological polar surface area (TPSA) is 0 Å². The Morgan fingerprint density at radius 1 is 0.824 bits per heavy atom. The molecule has 0 saturated carbocycles. The van der Waals surface area contributed by atoms with Crippen molar-refractivity contribution in [2.24, 2.45) is 0 Å². The van der Waals surface area contributed by atoms with Crippen molar-refractivity contribution < 1.29 is 0 Å². The second-order valence-corrected chi connectivity index (χ2v) is 5.06. The van der Waals surface area contributed by atoms with E-state index in [1.807, 2.05) is 42.5 Å². The van der Waals surface area contributed by atoms with Gasteiger partial charge in [-0.05, 0) is 23.3 Å². The van der Waals surface area contributed by atoms with Gasteiger partial charge in [0.05, 0.1) is 5.38 Å². The zero-order valence-corrected chi connectivity index (χ0v) is 11.1. The minimum atomic E-state index is -0.0327. The summed E-state index contributed by atoms with van der Waals surface area (Å²) in [5.74, 6) is 0.277. The molecule has 0 spiro atoms. The van der Waals surface area contributed by atoms with Crippen LogP contribution in [0.25, 0.3) is 0 Å². The predicted octanol–water partition coefficient (Wildman–Crippen LogP) is 5.42. The van der Waals surface area contributed by atoms with Crippen molar-refractivity contribution in [3.8, 4) is 0 Å². The first-order valence-corrected chi connectivity index (χ1v) is 6.44. The Balaban J connectivity index is 2.20. The average Bonchev–Trinajstić information content (AvgIpc) is 2.39. The third-order valence-corrected chi connectivity index (χ3v) is 3.83. The van der Waals surface area contributed by atoms with E-state index in [0.29, 0.717) is 0 Å². The molecule has 0 aliphatic heterocycles. The first-order valence-electron chi connectivity index (χ1n) is 5.63. The lowest BCUT2D eigenvalue weighted by Crippen LogP contribution is -2.02. The maximum atomic E-state index is 6.50. The summed E-state index contributed by atoms with van der Waals surface area (Å²) in [6.07, 6.45) is 0. The van der Waals surface area contributed by atoms with E-state index >= 15 is 0 Å². The van der Waals surface area contributed by atoms with Gasteiger partial charge in [0, 0.05) is 10.9 Å². The molecule has 2 aromatic carbocycles. The van der Waals surface area contributed by atoms with Crippen molar-refractivity contribution in [1.29, 1.82) is 0 Å². The molecule has 2 heteroatoms. The minimum absolute atomic E-state index is 0.0327. The SMILES string of the molecule is CC(c1ccccc1)C(Cl)c1ccc(Cl)cc1. The van der Waals surface area contributed by atoms with Crippen LogP contribution in [0, 0.1) is 0 Å². The summed E-state index contributed by atoms with van der Waals surface area (Å²) in [7, 11) is 0. The highest BCUT2D eigenvalue weighted by atomic mass is 35.5. The molecule has 17 heavy (non-hydrogen) atoms. The third-order valence-electron chi connectivity index (χ3n) is 2.95. The highest BCUT2D eigenvalue weighted by Gasteiger charge is 2.17. The molecule has 88 valence electrons. The molecular weight excluding hydrogens is 251 g/mol. The second kappa shape index (κ2) is 5.57. The van der Waals surface area contributed by atoms with Gasteiger partial charge in [-0.3, -0.25) is 0 Å². The molecule has 0 amide bonds. The lowest BCUT2D eigenvalue weighted by atomic mass is 9.93. The van der Waals surface area contributed by atoms with Crippen molar-refractivity contribution in [3.05, 3.63) is 70.7 Å². The summed E-state index contributed by atoms with van der Waals surface area (Å²) in [4.78, 5) is 0. The lowest BCUT2D eigenvalue weighted by Gasteiger charge is -2.18. The Morgan fingerprint density at radius 3 is 2.00 bits per heavy atom. The van der Waals surface area contributed by atoms with Crippen LogP contribution in [0.2, 0.25) is 5.02 Å². The van der Waals surface area contributed by atoms with Crippen LogP contribution in [0.3, 0.4) is 0 Å². The Labute approximate surface area is 112 Å². The minimum Gasteiger partial charge on any atom is -0.117 e. The van der Waals surface area contributed by atoms with Crippen LogP contribution < -0.4 is 0 Å². The largest absolute Gasteiger partial charge is 0.117 e. The van der Waals surface area contributed by atoms with Gasteiger partial charge < -0.3 is 0 Å². The molecule has 0 nitrogen and oxygen atoms in total.